The first-order valence-electron chi connectivity index (χ1n) is 14.9. The van der Waals surface area contributed by atoms with E-state index in [9.17, 15) is 14.7 Å². The summed E-state index contributed by atoms with van der Waals surface area (Å²) in [5.41, 5.74) is 3.10. The van der Waals surface area contributed by atoms with E-state index in [4.69, 9.17) is 14.7 Å². The molecule has 5 rings (SSSR count). The molecule has 1 saturated carbocycles. The number of imidazole rings is 1. The van der Waals surface area contributed by atoms with Crippen molar-refractivity contribution in [1.29, 1.82) is 0 Å². The van der Waals surface area contributed by atoms with E-state index in [-0.39, 0.29) is 12.1 Å². The smallest absolute Gasteiger partial charge is 0.349 e. The number of pyridine rings is 1. The van der Waals surface area contributed by atoms with Gasteiger partial charge in [0.1, 0.15) is 22.9 Å². The molecule has 1 fully saturated rings. The molecule has 42 heavy (non-hydrogen) atoms. The number of hydrogen-bond donors (Lipinski definition) is 2. The number of carboxylic acids is 1. The molecule has 220 valence electrons. The number of carbonyl (C=O) groups excluding carboxylic acids is 1. The average molecular weight is 570 g/mol. The summed E-state index contributed by atoms with van der Waals surface area (Å²) in [6.07, 6.45) is 6.23. The highest BCUT2D eigenvalue weighted by Crippen LogP contribution is 2.26. The van der Waals surface area contributed by atoms with Crippen molar-refractivity contribution in [3.63, 3.8) is 0 Å². The molecule has 0 spiro atoms. The molecule has 1 aliphatic carbocycles. The Kier molecular flexibility index (Phi) is 9.36. The van der Waals surface area contributed by atoms with Gasteiger partial charge in [-0.15, -0.1) is 0 Å². The molecular weight excluding hydrogens is 530 g/mol. The Bertz CT molecular complexity index is 1500. The number of urea groups is 1. The highest BCUT2D eigenvalue weighted by atomic mass is 16.5. The van der Waals surface area contributed by atoms with Crippen molar-refractivity contribution in [2.24, 2.45) is 0 Å². The largest absolute Gasteiger partial charge is 0.478 e. The molecular formula is C33H39N5O4. The normalized spacial score (nSPS) is 14.4. The molecule has 4 aromatic rings. The van der Waals surface area contributed by atoms with Gasteiger partial charge >= 0.3 is 12.0 Å². The van der Waals surface area contributed by atoms with Gasteiger partial charge in [0.25, 0.3) is 0 Å². The van der Waals surface area contributed by atoms with E-state index in [1.165, 1.54) is 6.42 Å². The number of aliphatic carboxylic acids is 1. The molecule has 9 nitrogen and oxygen atoms in total. The van der Waals surface area contributed by atoms with Gasteiger partial charge in [-0.3, -0.25) is 4.90 Å². The number of hydrogen-bond acceptors (Lipinski definition) is 5. The summed E-state index contributed by atoms with van der Waals surface area (Å²) in [5, 5.41) is 12.9. The Labute approximate surface area is 246 Å². The maximum atomic E-state index is 13.2. The zero-order valence-electron chi connectivity index (χ0n) is 24.3. The zero-order chi connectivity index (χ0) is 29.5. The summed E-state index contributed by atoms with van der Waals surface area (Å²) in [4.78, 5) is 36.6. The molecule has 0 aliphatic heterocycles. The van der Waals surface area contributed by atoms with Crippen LogP contribution in [0.15, 0.2) is 66.7 Å². The lowest BCUT2D eigenvalue weighted by Crippen LogP contribution is -2.46. The van der Waals surface area contributed by atoms with Crippen LogP contribution in [0.5, 0.6) is 5.75 Å². The van der Waals surface area contributed by atoms with Gasteiger partial charge in [-0.25, -0.2) is 19.6 Å². The van der Waals surface area contributed by atoms with Crippen LogP contribution in [0.2, 0.25) is 0 Å². The summed E-state index contributed by atoms with van der Waals surface area (Å²) in [5.74, 6) is 0.964. The molecule has 0 saturated heterocycles. The number of aryl methyl sites for hydroxylation is 1. The van der Waals surface area contributed by atoms with Crippen molar-refractivity contribution in [1.82, 2.24) is 19.9 Å². The summed E-state index contributed by atoms with van der Waals surface area (Å²) >= 11 is 0. The minimum atomic E-state index is -1.09. The van der Waals surface area contributed by atoms with Crippen LogP contribution < -0.4 is 15.0 Å². The third-order valence-corrected chi connectivity index (χ3v) is 7.75. The maximum absolute atomic E-state index is 13.2. The lowest BCUT2D eigenvalue weighted by molar-refractivity contribution is -0.145. The van der Waals surface area contributed by atoms with Crippen LogP contribution in [0.25, 0.3) is 11.2 Å². The SMILES string of the molecule is CCCc1nc2ccc(N(CC)C(=O)NC3CCCCC3)nc2n1Cc1ccc(OC(C(=O)O)c2ccccc2)cc1. The third kappa shape index (κ3) is 6.73. The van der Waals surface area contributed by atoms with Gasteiger partial charge < -0.3 is 19.7 Å². The molecule has 0 radical (unpaired) electrons. The number of nitrogens with one attached hydrogen (secondary N) is 1. The molecule has 0 bridgehead atoms. The van der Waals surface area contributed by atoms with Crippen molar-refractivity contribution in [3.05, 3.63) is 83.7 Å². The lowest BCUT2D eigenvalue weighted by Gasteiger charge is -2.27. The van der Waals surface area contributed by atoms with Crippen LogP contribution >= 0.6 is 0 Å². The van der Waals surface area contributed by atoms with Gasteiger partial charge in [0, 0.05) is 24.6 Å². The number of nitrogens with zero attached hydrogens (tertiary/aromatic N) is 4. The second-order valence-corrected chi connectivity index (χ2v) is 10.8. The number of ether oxygens (including phenoxy) is 1. The highest BCUT2D eigenvalue weighted by molar-refractivity contribution is 5.92. The van der Waals surface area contributed by atoms with Crippen molar-refractivity contribution in [3.8, 4) is 5.75 Å². The Morgan fingerprint density at radius 3 is 2.40 bits per heavy atom. The fourth-order valence-electron chi connectivity index (χ4n) is 5.56. The van der Waals surface area contributed by atoms with Crippen molar-refractivity contribution in [2.45, 2.75) is 77.5 Å². The number of carboxylic acid groups (broad SMARTS) is 1. The number of carbonyl (C=O) groups is 2. The minimum absolute atomic E-state index is 0.109. The van der Waals surface area contributed by atoms with Gasteiger partial charge in [0.15, 0.2) is 5.65 Å². The summed E-state index contributed by atoms with van der Waals surface area (Å²) < 4.78 is 7.95. The third-order valence-electron chi connectivity index (χ3n) is 7.75. The fourth-order valence-corrected chi connectivity index (χ4v) is 5.56. The first kappa shape index (κ1) is 29.1. The average Bonchev–Trinajstić information content (AvgIpc) is 3.34. The Morgan fingerprint density at radius 2 is 1.74 bits per heavy atom. The van der Waals surface area contributed by atoms with E-state index in [0.29, 0.717) is 30.2 Å². The Morgan fingerprint density at radius 1 is 1.00 bits per heavy atom. The number of fused-ring (bicyclic) bond motifs is 1. The number of rotatable bonds is 11. The molecule has 1 aliphatic rings. The fraction of sp³-hybridized carbons (Fsp3) is 0.394. The molecule has 9 heteroatoms. The topological polar surface area (TPSA) is 110 Å². The van der Waals surface area contributed by atoms with Crippen LogP contribution in [0, 0.1) is 0 Å². The van der Waals surface area contributed by atoms with Crippen molar-refractivity contribution >= 4 is 29.0 Å². The predicted octanol–water partition coefficient (Wildman–Crippen LogP) is 6.51. The van der Waals surface area contributed by atoms with Crippen LogP contribution in [0.4, 0.5) is 10.6 Å². The zero-order valence-corrected chi connectivity index (χ0v) is 24.3. The Balaban J connectivity index is 1.37. The first-order chi connectivity index (χ1) is 20.5. The predicted molar refractivity (Wildman–Crippen MR) is 163 cm³/mol. The summed E-state index contributed by atoms with van der Waals surface area (Å²) in [7, 11) is 0. The molecule has 2 heterocycles. The lowest BCUT2D eigenvalue weighted by atomic mass is 9.96. The molecule has 2 amide bonds. The second kappa shape index (κ2) is 13.5. The van der Waals surface area contributed by atoms with Crippen molar-refractivity contribution in [2.75, 3.05) is 11.4 Å². The van der Waals surface area contributed by atoms with E-state index in [2.05, 4.69) is 16.8 Å². The highest BCUT2D eigenvalue weighted by Gasteiger charge is 2.23. The number of benzene rings is 2. The number of aromatic nitrogens is 3. The second-order valence-electron chi connectivity index (χ2n) is 10.8. The van der Waals surface area contributed by atoms with E-state index >= 15 is 0 Å². The molecule has 2 aromatic heterocycles. The quantitative estimate of drug-likeness (QED) is 0.213. The van der Waals surface area contributed by atoms with Crippen LogP contribution in [-0.4, -0.2) is 44.2 Å². The summed E-state index contributed by atoms with van der Waals surface area (Å²) in [6.45, 7) is 5.12. The van der Waals surface area contributed by atoms with E-state index in [1.54, 1.807) is 41.3 Å². The summed E-state index contributed by atoms with van der Waals surface area (Å²) in [6, 6.07) is 20.3. The van der Waals surface area contributed by atoms with Gasteiger partial charge in [-0.2, -0.15) is 0 Å². The van der Waals surface area contributed by atoms with Gasteiger partial charge in [-0.1, -0.05) is 68.7 Å². The van der Waals surface area contributed by atoms with E-state index < -0.39 is 12.1 Å². The van der Waals surface area contributed by atoms with Crippen molar-refractivity contribution < 1.29 is 19.4 Å². The molecule has 2 aromatic carbocycles. The molecule has 1 unspecified atom stereocenters. The number of anilines is 1. The van der Waals surface area contributed by atoms with Gasteiger partial charge in [0.05, 0.1) is 6.54 Å². The maximum Gasteiger partial charge on any atom is 0.349 e. The van der Waals surface area contributed by atoms with Crippen LogP contribution in [0.3, 0.4) is 0 Å². The first-order valence-corrected chi connectivity index (χ1v) is 14.9. The standard InChI is InChI=1S/C33H39N5O4/c1-3-11-28-35-27-20-21-29(37(4-2)33(41)34-25-14-9-6-10-15-25)36-31(27)38(28)22-23-16-18-26(19-17-23)42-30(32(39)40)24-12-7-5-8-13-24/h5,7-8,12-13,16-21,25,30H,3-4,6,9-11,14-15,22H2,1-2H3,(H,34,41)(H,39,40). The Hall–Kier alpha value is -4.40. The monoisotopic (exact) mass is 569 g/mol. The van der Waals surface area contributed by atoms with Crippen LogP contribution in [-0.2, 0) is 17.8 Å². The van der Waals surface area contributed by atoms with E-state index in [1.807, 2.05) is 37.3 Å². The van der Waals surface area contributed by atoms with E-state index in [0.717, 1.165) is 61.1 Å². The van der Waals surface area contributed by atoms with Gasteiger partial charge in [0.2, 0.25) is 6.10 Å². The minimum Gasteiger partial charge on any atom is -0.478 e. The molecule has 1 atom stereocenters. The number of amides is 2. The van der Waals surface area contributed by atoms with Crippen LogP contribution in [0.1, 0.15) is 75.4 Å². The molecule has 2 N–H and O–H groups in total. The van der Waals surface area contributed by atoms with Gasteiger partial charge in [-0.05, 0) is 56.0 Å².